The van der Waals surface area contributed by atoms with E-state index in [9.17, 15) is 14.7 Å². The first kappa shape index (κ1) is 14.1. The van der Waals surface area contributed by atoms with Gasteiger partial charge in [0.2, 0.25) is 5.91 Å². The number of hydrogen-bond donors (Lipinski definition) is 3. The van der Waals surface area contributed by atoms with Gasteiger partial charge in [0.1, 0.15) is 18.0 Å². The van der Waals surface area contributed by atoms with Gasteiger partial charge in [0.25, 0.3) is 5.91 Å². The highest BCUT2D eigenvalue weighted by molar-refractivity contribution is 6.06. The van der Waals surface area contributed by atoms with E-state index >= 15 is 0 Å². The number of carbonyl (C=O) groups is 2. The quantitative estimate of drug-likeness (QED) is 0.742. The summed E-state index contributed by atoms with van der Waals surface area (Å²) in [5.74, 6) is -1.30. The van der Waals surface area contributed by atoms with Gasteiger partial charge in [-0.1, -0.05) is 13.0 Å². The molecule has 0 spiro atoms. The van der Waals surface area contributed by atoms with Crippen LogP contribution in [0.1, 0.15) is 22.8 Å². The van der Waals surface area contributed by atoms with E-state index in [0.29, 0.717) is 16.5 Å². The minimum Gasteiger partial charge on any atom is -0.463 e. The van der Waals surface area contributed by atoms with Gasteiger partial charge in [0, 0.05) is 5.39 Å². The van der Waals surface area contributed by atoms with Crippen molar-refractivity contribution in [3.63, 3.8) is 0 Å². The summed E-state index contributed by atoms with van der Waals surface area (Å²) >= 11 is 0. The summed E-state index contributed by atoms with van der Waals surface area (Å²) in [5.41, 5.74) is 6.98. The minimum absolute atomic E-state index is 0.228. The molecular formula is C14H16N2O4. The van der Waals surface area contributed by atoms with Crippen molar-refractivity contribution in [2.75, 3.05) is 6.54 Å². The molecule has 0 saturated carbocycles. The fourth-order valence-corrected chi connectivity index (χ4v) is 1.86. The second-order valence-corrected chi connectivity index (χ2v) is 4.46. The predicted octanol–water partition coefficient (Wildman–Crippen LogP) is 0.571. The number of aliphatic hydroxyl groups excluding tert-OH is 1. The van der Waals surface area contributed by atoms with Crippen LogP contribution in [0.2, 0.25) is 0 Å². The van der Waals surface area contributed by atoms with E-state index in [0.717, 1.165) is 12.0 Å². The van der Waals surface area contributed by atoms with Crippen molar-refractivity contribution in [1.29, 1.82) is 0 Å². The monoisotopic (exact) mass is 276 g/mol. The highest BCUT2D eigenvalue weighted by atomic mass is 16.3. The van der Waals surface area contributed by atoms with E-state index in [2.05, 4.69) is 5.32 Å². The summed E-state index contributed by atoms with van der Waals surface area (Å²) < 4.78 is 5.31. The lowest BCUT2D eigenvalue weighted by Gasteiger charge is -2.07. The second-order valence-electron chi connectivity index (χ2n) is 4.46. The molecule has 0 saturated heterocycles. The molecule has 4 N–H and O–H groups in total. The molecule has 0 aliphatic heterocycles. The lowest BCUT2D eigenvalue weighted by Crippen LogP contribution is -2.39. The Balaban J connectivity index is 2.19. The number of nitrogens with two attached hydrogens (primary N) is 1. The molecule has 0 radical (unpaired) electrons. The number of aliphatic hydroxyl groups is 1. The zero-order chi connectivity index (χ0) is 14.7. The van der Waals surface area contributed by atoms with Crippen LogP contribution in [0.25, 0.3) is 11.0 Å². The standard InChI is InChI=1S/C14H16N2O4/c1-2-8-3-4-12-9(5-8)10(7-20-12)14(19)16-6-11(17)13(15)18/h3-5,7,11,17H,2,6H2,1H3,(H2,15,18)(H,16,19). The Morgan fingerprint density at radius 3 is 2.85 bits per heavy atom. The van der Waals surface area contributed by atoms with Crippen LogP contribution in [0.3, 0.4) is 0 Å². The third-order valence-electron chi connectivity index (χ3n) is 3.08. The van der Waals surface area contributed by atoms with Crippen LogP contribution in [0.5, 0.6) is 0 Å². The summed E-state index contributed by atoms with van der Waals surface area (Å²) in [7, 11) is 0. The summed E-state index contributed by atoms with van der Waals surface area (Å²) in [6, 6.07) is 5.63. The second kappa shape index (κ2) is 5.75. The number of furan rings is 1. The van der Waals surface area contributed by atoms with Crippen LogP contribution in [-0.2, 0) is 11.2 Å². The van der Waals surface area contributed by atoms with Gasteiger partial charge in [-0.2, -0.15) is 0 Å². The molecule has 1 heterocycles. The molecule has 20 heavy (non-hydrogen) atoms. The van der Waals surface area contributed by atoms with Gasteiger partial charge in [0.15, 0.2) is 0 Å². The highest BCUT2D eigenvalue weighted by Gasteiger charge is 2.17. The van der Waals surface area contributed by atoms with E-state index in [4.69, 9.17) is 10.2 Å². The molecule has 1 atom stereocenters. The number of benzene rings is 1. The maximum Gasteiger partial charge on any atom is 0.255 e. The molecule has 0 aliphatic carbocycles. The summed E-state index contributed by atoms with van der Waals surface area (Å²) in [6.45, 7) is 1.79. The maximum atomic E-state index is 12.0. The van der Waals surface area contributed by atoms with Gasteiger partial charge < -0.3 is 20.6 Å². The first-order valence-electron chi connectivity index (χ1n) is 6.28. The van der Waals surface area contributed by atoms with Gasteiger partial charge in [0.05, 0.1) is 12.1 Å². The molecule has 0 fully saturated rings. The molecule has 1 aromatic heterocycles. The molecule has 106 valence electrons. The normalized spacial score (nSPS) is 12.3. The van der Waals surface area contributed by atoms with E-state index < -0.39 is 17.9 Å². The molecule has 2 aromatic rings. The Labute approximate surface area is 115 Å². The van der Waals surface area contributed by atoms with Gasteiger partial charge in [-0.25, -0.2) is 0 Å². The Kier molecular flexibility index (Phi) is 4.05. The number of nitrogens with one attached hydrogen (secondary N) is 1. The van der Waals surface area contributed by atoms with Crippen molar-refractivity contribution in [1.82, 2.24) is 5.32 Å². The van der Waals surface area contributed by atoms with Crippen molar-refractivity contribution in [2.45, 2.75) is 19.4 Å². The first-order valence-corrected chi connectivity index (χ1v) is 6.28. The van der Waals surface area contributed by atoms with Gasteiger partial charge in [-0.15, -0.1) is 0 Å². The summed E-state index contributed by atoms with van der Waals surface area (Å²) in [6.07, 6.45) is 0.807. The zero-order valence-corrected chi connectivity index (χ0v) is 11.1. The SMILES string of the molecule is CCc1ccc2occ(C(=O)NCC(O)C(N)=O)c2c1. The van der Waals surface area contributed by atoms with Crippen molar-refractivity contribution in [3.8, 4) is 0 Å². The van der Waals surface area contributed by atoms with Gasteiger partial charge >= 0.3 is 0 Å². The minimum atomic E-state index is -1.40. The molecular weight excluding hydrogens is 260 g/mol. The molecule has 0 aliphatic rings. The van der Waals surface area contributed by atoms with Crippen molar-refractivity contribution in [2.24, 2.45) is 5.73 Å². The van der Waals surface area contributed by atoms with E-state index in [1.807, 2.05) is 25.1 Å². The third-order valence-corrected chi connectivity index (χ3v) is 3.08. The van der Waals surface area contributed by atoms with E-state index in [-0.39, 0.29) is 6.54 Å². The van der Waals surface area contributed by atoms with Crippen molar-refractivity contribution >= 4 is 22.8 Å². The molecule has 0 bridgehead atoms. The third kappa shape index (κ3) is 2.80. The van der Waals surface area contributed by atoms with Gasteiger partial charge in [-0.05, 0) is 24.1 Å². The fourth-order valence-electron chi connectivity index (χ4n) is 1.86. The summed E-state index contributed by atoms with van der Waals surface area (Å²) in [5, 5.41) is 12.4. The van der Waals surface area contributed by atoms with Crippen LogP contribution < -0.4 is 11.1 Å². The Morgan fingerprint density at radius 2 is 2.20 bits per heavy atom. The number of aryl methyl sites for hydroxylation is 1. The lowest BCUT2D eigenvalue weighted by molar-refractivity contribution is -0.125. The largest absolute Gasteiger partial charge is 0.463 e. The van der Waals surface area contributed by atoms with E-state index in [1.54, 1.807) is 0 Å². The molecule has 6 heteroatoms. The zero-order valence-electron chi connectivity index (χ0n) is 11.1. The van der Waals surface area contributed by atoms with Crippen LogP contribution >= 0.6 is 0 Å². The molecule has 1 aromatic carbocycles. The Hall–Kier alpha value is -2.34. The molecule has 1 unspecified atom stereocenters. The number of fused-ring (bicyclic) bond motifs is 1. The average Bonchev–Trinajstić information content (AvgIpc) is 2.86. The van der Waals surface area contributed by atoms with Crippen LogP contribution in [0.15, 0.2) is 28.9 Å². The number of hydrogen-bond acceptors (Lipinski definition) is 4. The topological polar surface area (TPSA) is 106 Å². The van der Waals surface area contributed by atoms with E-state index in [1.165, 1.54) is 6.26 Å². The maximum absolute atomic E-state index is 12.0. The van der Waals surface area contributed by atoms with Crippen LogP contribution in [-0.4, -0.2) is 29.6 Å². The number of rotatable bonds is 5. The predicted molar refractivity (Wildman–Crippen MR) is 73.1 cm³/mol. The molecule has 6 nitrogen and oxygen atoms in total. The van der Waals surface area contributed by atoms with Crippen LogP contribution in [0, 0.1) is 0 Å². The lowest BCUT2D eigenvalue weighted by atomic mass is 10.1. The first-order chi connectivity index (χ1) is 9.52. The molecule has 2 rings (SSSR count). The molecule has 2 amide bonds. The number of primary amides is 1. The summed E-state index contributed by atoms with van der Waals surface area (Å²) in [4.78, 5) is 22.7. The highest BCUT2D eigenvalue weighted by Crippen LogP contribution is 2.22. The van der Waals surface area contributed by atoms with Crippen molar-refractivity contribution in [3.05, 3.63) is 35.6 Å². The smallest absolute Gasteiger partial charge is 0.255 e. The number of amides is 2. The Morgan fingerprint density at radius 1 is 1.45 bits per heavy atom. The average molecular weight is 276 g/mol. The van der Waals surface area contributed by atoms with Gasteiger partial charge in [-0.3, -0.25) is 9.59 Å². The van der Waals surface area contributed by atoms with Crippen LogP contribution in [0.4, 0.5) is 0 Å². The van der Waals surface area contributed by atoms with Crippen molar-refractivity contribution < 1.29 is 19.1 Å². The fraction of sp³-hybridized carbons (Fsp3) is 0.286. The number of carbonyl (C=O) groups excluding carboxylic acids is 2. The Bertz CT molecular complexity index is 648.